The van der Waals surface area contributed by atoms with Gasteiger partial charge in [0, 0.05) is 25.7 Å². The highest BCUT2D eigenvalue weighted by molar-refractivity contribution is 5.30. The summed E-state index contributed by atoms with van der Waals surface area (Å²) < 4.78 is 13.1. The van der Waals surface area contributed by atoms with Gasteiger partial charge < -0.3 is 5.73 Å². The SMILES string of the molecule is CC(C)(C)c1ccc(C2CC(N)CN(Cc3ccc(F)cc3)C2)cc1. The summed E-state index contributed by atoms with van der Waals surface area (Å²) in [6.07, 6.45) is 1.02. The van der Waals surface area contributed by atoms with E-state index in [9.17, 15) is 4.39 Å². The molecule has 0 spiro atoms. The molecule has 1 aliphatic rings. The fourth-order valence-electron chi connectivity index (χ4n) is 3.71. The largest absolute Gasteiger partial charge is 0.327 e. The smallest absolute Gasteiger partial charge is 0.123 e. The number of piperidine rings is 1. The lowest BCUT2D eigenvalue weighted by atomic mass is 9.83. The molecule has 0 aromatic heterocycles. The Morgan fingerprint density at radius 3 is 2.24 bits per heavy atom. The van der Waals surface area contributed by atoms with Gasteiger partial charge in [-0.15, -0.1) is 0 Å². The summed E-state index contributed by atoms with van der Waals surface area (Å²) in [7, 11) is 0. The highest BCUT2D eigenvalue weighted by Gasteiger charge is 2.26. The lowest BCUT2D eigenvalue weighted by Gasteiger charge is -2.36. The molecule has 2 N–H and O–H groups in total. The first-order chi connectivity index (χ1) is 11.8. The summed E-state index contributed by atoms with van der Waals surface area (Å²) in [6, 6.07) is 16.0. The molecule has 1 aliphatic heterocycles. The molecule has 25 heavy (non-hydrogen) atoms. The zero-order valence-electron chi connectivity index (χ0n) is 15.5. The van der Waals surface area contributed by atoms with Crippen LogP contribution >= 0.6 is 0 Å². The van der Waals surface area contributed by atoms with Gasteiger partial charge in [-0.1, -0.05) is 57.2 Å². The first-order valence-corrected chi connectivity index (χ1v) is 9.14. The van der Waals surface area contributed by atoms with Gasteiger partial charge in [-0.25, -0.2) is 4.39 Å². The first kappa shape index (κ1) is 18.1. The standard InChI is InChI=1S/C22H29FN2/c1-22(2,3)19-8-6-17(7-9-19)18-12-21(24)15-25(14-18)13-16-4-10-20(23)11-5-16/h4-11,18,21H,12-15,24H2,1-3H3. The number of halogens is 1. The third kappa shape index (κ3) is 4.68. The Hall–Kier alpha value is -1.71. The molecule has 1 saturated heterocycles. The lowest BCUT2D eigenvalue weighted by molar-refractivity contribution is 0.181. The maximum absolute atomic E-state index is 13.1. The highest BCUT2D eigenvalue weighted by atomic mass is 19.1. The molecular formula is C22H29FN2. The topological polar surface area (TPSA) is 29.3 Å². The minimum Gasteiger partial charge on any atom is -0.327 e. The van der Waals surface area contributed by atoms with E-state index < -0.39 is 0 Å². The number of nitrogens with zero attached hydrogens (tertiary/aromatic N) is 1. The van der Waals surface area contributed by atoms with Crippen molar-refractivity contribution in [2.45, 2.75) is 51.1 Å². The summed E-state index contributed by atoms with van der Waals surface area (Å²) in [5.41, 5.74) is 10.4. The van der Waals surface area contributed by atoms with Gasteiger partial charge in [0.1, 0.15) is 5.82 Å². The minimum atomic E-state index is -0.184. The zero-order chi connectivity index (χ0) is 18.0. The summed E-state index contributed by atoms with van der Waals surface area (Å²) in [4.78, 5) is 2.39. The molecule has 0 amide bonds. The number of rotatable bonds is 3. The summed E-state index contributed by atoms with van der Waals surface area (Å²) in [5.74, 6) is 0.272. The number of hydrogen-bond donors (Lipinski definition) is 1. The highest BCUT2D eigenvalue weighted by Crippen LogP contribution is 2.30. The maximum atomic E-state index is 13.1. The van der Waals surface area contributed by atoms with Crippen molar-refractivity contribution in [3.63, 3.8) is 0 Å². The van der Waals surface area contributed by atoms with Crippen LogP contribution in [0.3, 0.4) is 0 Å². The van der Waals surface area contributed by atoms with Crippen LogP contribution in [0, 0.1) is 5.82 Å². The van der Waals surface area contributed by atoms with Gasteiger partial charge >= 0.3 is 0 Å². The third-order valence-electron chi connectivity index (χ3n) is 5.13. The Kier molecular flexibility index (Phi) is 5.26. The molecule has 2 unspecified atom stereocenters. The van der Waals surface area contributed by atoms with E-state index >= 15 is 0 Å². The van der Waals surface area contributed by atoms with Gasteiger partial charge in [-0.3, -0.25) is 4.90 Å². The molecule has 2 nitrogen and oxygen atoms in total. The van der Waals surface area contributed by atoms with Crippen LogP contribution in [0.4, 0.5) is 4.39 Å². The Labute approximate surface area is 150 Å². The van der Waals surface area contributed by atoms with Crippen molar-refractivity contribution < 1.29 is 4.39 Å². The molecule has 3 heteroatoms. The van der Waals surface area contributed by atoms with E-state index in [4.69, 9.17) is 5.73 Å². The van der Waals surface area contributed by atoms with Crippen molar-refractivity contribution in [3.05, 3.63) is 71.0 Å². The molecule has 1 fully saturated rings. The van der Waals surface area contributed by atoms with Crippen LogP contribution in [-0.4, -0.2) is 24.0 Å². The molecule has 0 saturated carbocycles. The van der Waals surface area contributed by atoms with Crippen molar-refractivity contribution in [2.24, 2.45) is 5.73 Å². The van der Waals surface area contributed by atoms with E-state index in [0.717, 1.165) is 31.6 Å². The van der Waals surface area contributed by atoms with Crippen LogP contribution in [0.2, 0.25) is 0 Å². The number of likely N-dealkylation sites (tertiary alicyclic amines) is 1. The predicted octanol–water partition coefficient (Wildman–Crippen LogP) is 4.44. The summed E-state index contributed by atoms with van der Waals surface area (Å²) in [5, 5.41) is 0. The fraction of sp³-hybridized carbons (Fsp3) is 0.455. The van der Waals surface area contributed by atoms with Gasteiger partial charge in [0.2, 0.25) is 0 Å². The van der Waals surface area contributed by atoms with Gasteiger partial charge in [-0.2, -0.15) is 0 Å². The van der Waals surface area contributed by atoms with Gasteiger partial charge in [0.15, 0.2) is 0 Å². The quantitative estimate of drug-likeness (QED) is 0.895. The molecule has 2 aromatic carbocycles. The monoisotopic (exact) mass is 340 g/mol. The second kappa shape index (κ2) is 7.27. The normalized spacial score (nSPS) is 22.1. The molecule has 0 radical (unpaired) electrons. The van der Waals surface area contributed by atoms with Gasteiger partial charge in [0.05, 0.1) is 0 Å². The number of benzene rings is 2. The molecule has 134 valence electrons. The Morgan fingerprint density at radius 2 is 1.64 bits per heavy atom. The van der Waals surface area contributed by atoms with E-state index in [1.165, 1.54) is 23.3 Å². The average Bonchev–Trinajstić information content (AvgIpc) is 2.56. The molecule has 0 aliphatic carbocycles. The molecule has 2 atom stereocenters. The molecule has 3 rings (SSSR count). The predicted molar refractivity (Wildman–Crippen MR) is 102 cm³/mol. The Bertz CT molecular complexity index is 685. The van der Waals surface area contributed by atoms with Crippen LogP contribution in [-0.2, 0) is 12.0 Å². The van der Waals surface area contributed by atoms with Crippen LogP contribution < -0.4 is 5.73 Å². The first-order valence-electron chi connectivity index (χ1n) is 9.14. The number of hydrogen-bond acceptors (Lipinski definition) is 2. The third-order valence-corrected chi connectivity index (χ3v) is 5.13. The van der Waals surface area contributed by atoms with Crippen molar-refractivity contribution in [1.82, 2.24) is 4.90 Å². The minimum absolute atomic E-state index is 0.177. The van der Waals surface area contributed by atoms with Crippen molar-refractivity contribution in [1.29, 1.82) is 0 Å². The maximum Gasteiger partial charge on any atom is 0.123 e. The molecular weight excluding hydrogens is 311 g/mol. The van der Waals surface area contributed by atoms with Crippen LogP contribution in [0.15, 0.2) is 48.5 Å². The molecule has 0 bridgehead atoms. The van der Waals surface area contributed by atoms with Crippen LogP contribution in [0.25, 0.3) is 0 Å². The van der Waals surface area contributed by atoms with E-state index in [-0.39, 0.29) is 17.3 Å². The molecule has 1 heterocycles. The second-order valence-corrected chi connectivity index (χ2v) is 8.39. The molecule has 2 aromatic rings. The Balaban J connectivity index is 1.70. The van der Waals surface area contributed by atoms with Crippen molar-refractivity contribution >= 4 is 0 Å². The van der Waals surface area contributed by atoms with E-state index in [0.29, 0.717) is 5.92 Å². The summed E-state index contributed by atoms with van der Waals surface area (Å²) >= 11 is 0. The lowest BCUT2D eigenvalue weighted by Crippen LogP contribution is -2.45. The van der Waals surface area contributed by atoms with E-state index in [2.05, 4.69) is 49.9 Å². The van der Waals surface area contributed by atoms with Crippen molar-refractivity contribution in [2.75, 3.05) is 13.1 Å². The summed E-state index contributed by atoms with van der Waals surface area (Å²) in [6.45, 7) is 9.44. The van der Waals surface area contributed by atoms with Gasteiger partial charge in [-0.05, 0) is 46.6 Å². The second-order valence-electron chi connectivity index (χ2n) is 8.39. The zero-order valence-corrected chi connectivity index (χ0v) is 15.5. The van der Waals surface area contributed by atoms with Crippen LogP contribution in [0.1, 0.15) is 49.8 Å². The van der Waals surface area contributed by atoms with E-state index in [1.807, 2.05) is 12.1 Å². The number of nitrogens with two attached hydrogens (primary N) is 1. The Morgan fingerprint density at radius 1 is 1.00 bits per heavy atom. The average molecular weight is 340 g/mol. The van der Waals surface area contributed by atoms with Crippen LogP contribution in [0.5, 0.6) is 0 Å². The van der Waals surface area contributed by atoms with Crippen molar-refractivity contribution in [3.8, 4) is 0 Å². The fourth-order valence-corrected chi connectivity index (χ4v) is 3.71. The van der Waals surface area contributed by atoms with E-state index in [1.54, 1.807) is 0 Å². The van der Waals surface area contributed by atoms with Gasteiger partial charge in [0.25, 0.3) is 0 Å².